The minimum atomic E-state index is -1.01. The van der Waals surface area contributed by atoms with Gasteiger partial charge >= 0.3 is 0 Å². The highest BCUT2D eigenvalue weighted by Crippen LogP contribution is 2.15. The van der Waals surface area contributed by atoms with E-state index in [4.69, 9.17) is 0 Å². The number of halogens is 2. The first-order valence-electron chi connectivity index (χ1n) is 6.96. The number of anilines is 2. The fraction of sp³-hybridized carbons (Fsp3) is 0.0588. The van der Waals surface area contributed by atoms with E-state index in [1.54, 1.807) is 6.07 Å². The van der Waals surface area contributed by atoms with Crippen molar-refractivity contribution >= 4 is 28.3 Å². The third-order valence-corrected chi connectivity index (χ3v) is 3.23. The smallest absolute Gasteiger partial charge is 0.243 e. The highest BCUT2D eigenvalue weighted by Gasteiger charge is 2.06. The molecule has 3 aromatic rings. The fourth-order valence-electron chi connectivity index (χ4n) is 2.11. The van der Waals surface area contributed by atoms with E-state index in [2.05, 4.69) is 15.6 Å². The Bertz CT molecular complexity index is 867. The summed E-state index contributed by atoms with van der Waals surface area (Å²) in [6.45, 7) is -0.0374. The number of carbonyl (C=O) groups excluding carboxylic acids is 1. The lowest BCUT2D eigenvalue weighted by atomic mass is 10.2. The number of rotatable bonds is 4. The lowest BCUT2D eigenvalue weighted by molar-refractivity contribution is -0.114. The third kappa shape index (κ3) is 3.60. The molecule has 1 heterocycles. The van der Waals surface area contributed by atoms with Crippen LogP contribution in [0.15, 0.2) is 54.6 Å². The number of pyridine rings is 1. The molecule has 0 spiro atoms. The summed E-state index contributed by atoms with van der Waals surface area (Å²) in [6, 6.07) is 14.5. The van der Waals surface area contributed by atoms with E-state index in [0.717, 1.165) is 23.0 Å². The monoisotopic (exact) mass is 313 g/mol. The Labute approximate surface area is 131 Å². The van der Waals surface area contributed by atoms with Gasteiger partial charge in [-0.3, -0.25) is 4.79 Å². The predicted molar refractivity (Wildman–Crippen MR) is 85.2 cm³/mol. The second-order valence-corrected chi connectivity index (χ2v) is 4.92. The summed E-state index contributed by atoms with van der Waals surface area (Å²) < 4.78 is 25.9. The maximum absolute atomic E-state index is 13.1. The Balaban J connectivity index is 1.62. The molecule has 3 rings (SSSR count). The molecule has 2 N–H and O–H groups in total. The molecule has 23 heavy (non-hydrogen) atoms. The molecule has 0 aliphatic rings. The van der Waals surface area contributed by atoms with Crippen LogP contribution in [0.1, 0.15) is 0 Å². The van der Waals surface area contributed by atoms with E-state index in [9.17, 15) is 13.6 Å². The van der Waals surface area contributed by atoms with Crippen molar-refractivity contribution in [2.75, 3.05) is 17.2 Å². The second-order valence-electron chi connectivity index (χ2n) is 4.92. The lowest BCUT2D eigenvalue weighted by Gasteiger charge is -2.08. The van der Waals surface area contributed by atoms with Gasteiger partial charge in [0.2, 0.25) is 5.91 Å². The number of nitrogens with one attached hydrogen (secondary N) is 2. The van der Waals surface area contributed by atoms with Crippen molar-refractivity contribution in [1.82, 2.24) is 4.98 Å². The number of hydrogen-bond acceptors (Lipinski definition) is 3. The Hall–Kier alpha value is -3.02. The Morgan fingerprint density at radius 1 is 1.00 bits per heavy atom. The zero-order valence-electron chi connectivity index (χ0n) is 12.0. The summed E-state index contributed by atoms with van der Waals surface area (Å²) in [6.07, 6.45) is 0. The minimum Gasteiger partial charge on any atom is -0.361 e. The van der Waals surface area contributed by atoms with Gasteiger partial charge in [-0.15, -0.1) is 0 Å². The van der Waals surface area contributed by atoms with Crippen molar-refractivity contribution in [3.05, 3.63) is 66.2 Å². The summed E-state index contributed by atoms with van der Waals surface area (Å²) in [7, 11) is 0. The normalized spacial score (nSPS) is 10.5. The first-order chi connectivity index (χ1) is 11.1. The molecule has 0 saturated carbocycles. The zero-order chi connectivity index (χ0) is 16.2. The molecule has 1 amide bonds. The van der Waals surface area contributed by atoms with Gasteiger partial charge in [0.1, 0.15) is 5.82 Å². The molecular weight excluding hydrogens is 300 g/mol. The van der Waals surface area contributed by atoms with Crippen LogP contribution in [0.4, 0.5) is 20.3 Å². The number of carbonyl (C=O) groups is 1. The van der Waals surface area contributed by atoms with Gasteiger partial charge in [-0.25, -0.2) is 13.8 Å². The topological polar surface area (TPSA) is 54.0 Å². The molecule has 0 atom stereocenters. The molecule has 0 fully saturated rings. The molecule has 0 unspecified atom stereocenters. The number of benzene rings is 2. The van der Waals surface area contributed by atoms with Crippen LogP contribution in [0.3, 0.4) is 0 Å². The van der Waals surface area contributed by atoms with Gasteiger partial charge in [0.15, 0.2) is 11.6 Å². The fourth-order valence-corrected chi connectivity index (χ4v) is 2.11. The Kier molecular flexibility index (Phi) is 4.14. The Morgan fingerprint density at radius 2 is 1.83 bits per heavy atom. The summed E-state index contributed by atoms with van der Waals surface area (Å²) in [5.74, 6) is -1.79. The van der Waals surface area contributed by atoms with Crippen LogP contribution in [0.2, 0.25) is 0 Å². The number of nitrogens with zero attached hydrogens (tertiary/aromatic N) is 1. The zero-order valence-corrected chi connectivity index (χ0v) is 12.0. The van der Waals surface area contributed by atoms with Crippen LogP contribution in [-0.4, -0.2) is 17.4 Å². The molecule has 116 valence electrons. The lowest BCUT2D eigenvalue weighted by Crippen LogP contribution is -2.22. The van der Waals surface area contributed by atoms with Crippen molar-refractivity contribution in [1.29, 1.82) is 0 Å². The van der Waals surface area contributed by atoms with E-state index in [-0.39, 0.29) is 18.1 Å². The van der Waals surface area contributed by atoms with Crippen molar-refractivity contribution in [2.24, 2.45) is 0 Å². The van der Waals surface area contributed by atoms with E-state index >= 15 is 0 Å². The molecule has 2 aromatic carbocycles. The molecule has 0 aliphatic heterocycles. The summed E-state index contributed by atoms with van der Waals surface area (Å²) >= 11 is 0. The maximum atomic E-state index is 13.1. The summed E-state index contributed by atoms with van der Waals surface area (Å²) in [5.41, 5.74) is 1.01. The minimum absolute atomic E-state index is 0.0374. The summed E-state index contributed by atoms with van der Waals surface area (Å²) in [4.78, 5) is 16.2. The van der Waals surface area contributed by atoms with E-state index < -0.39 is 11.6 Å². The first-order valence-corrected chi connectivity index (χ1v) is 6.96. The van der Waals surface area contributed by atoms with Gasteiger partial charge in [-0.2, -0.15) is 0 Å². The molecule has 0 bridgehead atoms. The summed E-state index contributed by atoms with van der Waals surface area (Å²) in [5, 5.41) is 6.38. The number of fused-ring (bicyclic) bond motifs is 1. The quantitative estimate of drug-likeness (QED) is 0.774. The predicted octanol–water partition coefficient (Wildman–Crippen LogP) is 3.56. The highest BCUT2D eigenvalue weighted by atomic mass is 19.2. The average Bonchev–Trinajstić information content (AvgIpc) is 2.56. The third-order valence-electron chi connectivity index (χ3n) is 3.23. The van der Waals surface area contributed by atoms with Gasteiger partial charge in [0.25, 0.3) is 0 Å². The van der Waals surface area contributed by atoms with Gasteiger partial charge < -0.3 is 10.6 Å². The van der Waals surface area contributed by atoms with Crippen LogP contribution < -0.4 is 10.6 Å². The van der Waals surface area contributed by atoms with E-state index in [1.807, 2.05) is 30.3 Å². The van der Waals surface area contributed by atoms with Crippen LogP contribution in [0, 0.1) is 11.6 Å². The van der Waals surface area contributed by atoms with Crippen molar-refractivity contribution in [2.45, 2.75) is 0 Å². The molecule has 0 saturated heterocycles. The van der Waals surface area contributed by atoms with Crippen molar-refractivity contribution in [3.63, 3.8) is 0 Å². The standard InChI is InChI=1S/C17H13F2N3O/c18-13-7-6-12(9-14(13)19)21-17(23)10-20-16-8-5-11-3-1-2-4-15(11)22-16/h1-9H,10H2,(H,20,22)(H,21,23). The van der Waals surface area contributed by atoms with Crippen molar-refractivity contribution < 1.29 is 13.6 Å². The number of para-hydroxylation sites is 1. The number of amides is 1. The molecule has 0 aliphatic carbocycles. The number of aromatic nitrogens is 1. The maximum Gasteiger partial charge on any atom is 0.243 e. The molecule has 0 radical (unpaired) electrons. The SMILES string of the molecule is O=C(CNc1ccc2ccccc2n1)Nc1ccc(F)c(F)c1. The van der Waals surface area contributed by atoms with Crippen LogP contribution in [0.5, 0.6) is 0 Å². The molecular formula is C17H13F2N3O. The van der Waals surface area contributed by atoms with Gasteiger partial charge in [0.05, 0.1) is 12.1 Å². The van der Waals surface area contributed by atoms with E-state index in [1.165, 1.54) is 6.07 Å². The van der Waals surface area contributed by atoms with Crippen LogP contribution >= 0.6 is 0 Å². The Morgan fingerprint density at radius 3 is 2.65 bits per heavy atom. The van der Waals surface area contributed by atoms with Gasteiger partial charge in [-0.05, 0) is 30.3 Å². The molecule has 1 aromatic heterocycles. The van der Waals surface area contributed by atoms with Crippen LogP contribution in [0.25, 0.3) is 10.9 Å². The molecule has 6 heteroatoms. The second kappa shape index (κ2) is 6.39. The number of hydrogen-bond donors (Lipinski definition) is 2. The highest BCUT2D eigenvalue weighted by molar-refractivity contribution is 5.93. The van der Waals surface area contributed by atoms with E-state index in [0.29, 0.717) is 5.82 Å². The first kappa shape index (κ1) is 14.9. The molecule has 4 nitrogen and oxygen atoms in total. The van der Waals surface area contributed by atoms with Crippen molar-refractivity contribution in [3.8, 4) is 0 Å². The largest absolute Gasteiger partial charge is 0.361 e. The van der Waals surface area contributed by atoms with Gasteiger partial charge in [0, 0.05) is 17.1 Å². The van der Waals surface area contributed by atoms with Crippen LogP contribution in [-0.2, 0) is 4.79 Å². The van der Waals surface area contributed by atoms with Gasteiger partial charge in [-0.1, -0.05) is 18.2 Å². The average molecular weight is 313 g/mol.